The number of anilines is 1. The maximum atomic E-state index is 12.5. The number of ether oxygens (including phenoxy) is 2. The number of halogens is 2. The number of nitrogens with one attached hydrogen (secondary N) is 2. The van der Waals surface area contributed by atoms with E-state index in [0.29, 0.717) is 29.8 Å². The topological polar surface area (TPSA) is 93.7 Å². The third-order valence-electron chi connectivity index (χ3n) is 4.51. The molecule has 0 bridgehead atoms. The molecule has 11 heteroatoms. The van der Waals surface area contributed by atoms with Crippen molar-refractivity contribution in [1.29, 1.82) is 0 Å². The molecule has 176 valence electrons. The van der Waals surface area contributed by atoms with Crippen LogP contribution in [0.5, 0.6) is 11.5 Å². The van der Waals surface area contributed by atoms with Crippen molar-refractivity contribution in [2.24, 2.45) is 0 Å². The summed E-state index contributed by atoms with van der Waals surface area (Å²) in [6.07, 6.45) is 0.527. The SMILES string of the molecule is COc1ccc(CCNC(=O)Cc2ccc(NS(=O)(=O)c3cccs3)cc2)cc1OC(F)F. The van der Waals surface area contributed by atoms with Gasteiger partial charge < -0.3 is 14.8 Å². The number of carbonyl (C=O) groups is 1. The van der Waals surface area contributed by atoms with Crippen LogP contribution in [0.1, 0.15) is 11.1 Å². The molecule has 0 atom stereocenters. The minimum absolute atomic E-state index is 0.0638. The summed E-state index contributed by atoms with van der Waals surface area (Å²) in [7, 11) is -2.27. The first kappa shape index (κ1) is 24.5. The van der Waals surface area contributed by atoms with Crippen LogP contribution in [0.4, 0.5) is 14.5 Å². The number of benzene rings is 2. The van der Waals surface area contributed by atoms with E-state index in [1.165, 1.54) is 25.3 Å². The standard InChI is InChI=1S/C22H22F2N2O5S2/c1-30-18-9-6-16(13-19(18)31-22(23)24)10-11-25-20(27)14-15-4-7-17(8-5-15)26-33(28,29)21-3-2-12-32-21/h2-9,12-13,22,26H,10-11,14H2,1H3,(H,25,27). The number of hydrogen-bond acceptors (Lipinski definition) is 6. The first-order chi connectivity index (χ1) is 15.8. The highest BCUT2D eigenvalue weighted by Crippen LogP contribution is 2.29. The van der Waals surface area contributed by atoms with Gasteiger partial charge in [0, 0.05) is 12.2 Å². The minimum Gasteiger partial charge on any atom is -0.493 e. The van der Waals surface area contributed by atoms with E-state index >= 15 is 0 Å². The van der Waals surface area contributed by atoms with E-state index < -0.39 is 16.6 Å². The lowest BCUT2D eigenvalue weighted by Crippen LogP contribution is -2.27. The number of methoxy groups -OCH3 is 1. The first-order valence-electron chi connectivity index (χ1n) is 9.80. The van der Waals surface area contributed by atoms with E-state index in [0.717, 1.165) is 11.3 Å². The lowest BCUT2D eigenvalue weighted by Gasteiger charge is -2.12. The largest absolute Gasteiger partial charge is 0.493 e. The lowest BCUT2D eigenvalue weighted by atomic mass is 10.1. The molecule has 0 saturated heterocycles. The quantitative estimate of drug-likeness (QED) is 0.418. The predicted octanol–water partition coefficient (Wildman–Crippen LogP) is 4.06. The Morgan fingerprint density at radius 1 is 1.06 bits per heavy atom. The fraction of sp³-hybridized carbons (Fsp3) is 0.227. The van der Waals surface area contributed by atoms with Gasteiger partial charge in [0.05, 0.1) is 13.5 Å². The molecule has 0 unspecified atom stereocenters. The van der Waals surface area contributed by atoms with Gasteiger partial charge in [-0.15, -0.1) is 11.3 Å². The van der Waals surface area contributed by atoms with Crippen LogP contribution in [-0.2, 0) is 27.7 Å². The molecule has 3 aromatic rings. The van der Waals surface area contributed by atoms with Crippen molar-refractivity contribution in [3.63, 3.8) is 0 Å². The van der Waals surface area contributed by atoms with Crippen LogP contribution in [0.3, 0.4) is 0 Å². The molecular weight excluding hydrogens is 474 g/mol. The number of carbonyl (C=O) groups excluding carboxylic acids is 1. The number of thiophene rings is 1. The van der Waals surface area contributed by atoms with Gasteiger partial charge in [0.25, 0.3) is 10.0 Å². The van der Waals surface area contributed by atoms with Crippen LogP contribution in [-0.4, -0.2) is 34.6 Å². The molecule has 3 rings (SSSR count). The van der Waals surface area contributed by atoms with Gasteiger partial charge in [-0.2, -0.15) is 8.78 Å². The van der Waals surface area contributed by atoms with Crippen LogP contribution in [0.25, 0.3) is 0 Å². The third kappa shape index (κ3) is 7.16. The highest BCUT2D eigenvalue weighted by Gasteiger charge is 2.15. The van der Waals surface area contributed by atoms with Crippen molar-refractivity contribution in [3.8, 4) is 11.5 Å². The van der Waals surface area contributed by atoms with E-state index in [4.69, 9.17) is 4.74 Å². The van der Waals surface area contributed by atoms with Gasteiger partial charge in [0.15, 0.2) is 11.5 Å². The summed E-state index contributed by atoms with van der Waals surface area (Å²) in [6.45, 7) is -2.66. The molecule has 1 amide bonds. The molecule has 33 heavy (non-hydrogen) atoms. The van der Waals surface area contributed by atoms with E-state index in [-0.39, 0.29) is 28.0 Å². The van der Waals surface area contributed by atoms with Gasteiger partial charge in [0.2, 0.25) is 5.91 Å². The van der Waals surface area contributed by atoms with Gasteiger partial charge >= 0.3 is 6.61 Å². The molecule has 0 saturated carbocycles. The average Bonchev–Trinajstić information content (AvgIpc) is 3.31. The predicted molar refractivity (Wildman–Crippen MR) is 122 cm³/mol. The first-order valence-corrected chi connectivity index (χ1v) is 12.2. The molecule has 0 spiro atoms. The van der Waals surface area contributed by atoms with Crippen LogP contribution in [0.2, 0.25) is 0 Å². The summed E-state index contributed by atoms with van der Waals surface area (Å²) in [5, 5.41) is 4.45. The van der Waals surface area contributed by atoms with Crippen molar-refractivity contribution in [1.82, 2.24) is 5.32 Å². The number of hydrogen-bond donors (Lipinski definition) is 2. The van der Waals surface area contributed by atoms with Gasteiger partial charge in [0.1, 0.15) is 4.21 Å². The fourth-order valence-electron chi connectivity index (χ4n) is 2.97. The fourth-order valence-corrected chi connectivity index (χ4v) is 5.02. The number of alkyl halides is 2. The van der Waals surface area contributed by atoms with Crippen molar-refractivity contribution >= 4 is 33.0 Å². The second-order valence-corrected chi connectivity index (χ2v) is 9.73. The molecule has 1 heterocycles. The molecule has 0 radical (unpaired) electrons. The Morgan fingerprint density at radius 3 is 2.42 bits per heavy atom. The van der Waals surface area contributed by atoms with Crippen molar-refractivity contribution in [2.45, 2.75) is 23.7 Å². The van der Waals surface area contributed by atoms with Crippen LogP contribution in [0, 0.1) is 0 Å². The molecule has 7 nitrogen and oxygen atoms in total. The van der Waals surface area contributed by atoms with E-state index in [1.54, 1.807) is 41.8 Å². The Labute approximate surface area is 194 Å². The Hall–Kier alpha value is -3.18. The molecule has 1 aromatic heterocycles. The highest BCUT2D eigenvalue weighted by atomic mass is 32.2. The molecule has 0 aliphatic rings. The Balaban J connectivity index is 1.49. The van der Waals surface area contributed by atoms with E-state index in [9.17, 15) is 22.0 Å². The van der Waals surface area contributed by atoms with Gasteiger partial charge in [-0.25, -0.2) is 8.42 Å². The second kappa shape index (κ2) is 11.1. The van der Waals surface area contributed by atoms with Crippen molar-refractivity contribution < 1.29 is 31.5 Å². The third-order valence-corrected chi connectivity index (χ3v) is 7.29. The Kier molecular flexibility index (Phi) is 8.23. The summed E-state index contributed by atoms with van der Waals surface area (Å²) in [5.41, 5.74) is 1.81. The van der Waals surface area contributed by atoms with E-state index in [2.05, 4.69) is 14.8 Å². The molecule has 2 N–H and O–H groups in total. The van der Waals surface area contributed by atoms with Crippen LogP contribution >= 0.6 is 11.3 Å². The summed E-state index contributed by atoms with van der Waals surface area (Å²) in [4.78, 5) is 12.2. The average molecular weight is 497 g/mol. The minimum atomic E-state index is -3.63. The molecular formula is C22H22F2N2O5S2. The summed E-state index contributed by atoms with van der Waals surface area (Å²) in [5.74, 6) is -0.0881. The maximum Gasteiger partial charge on any atom is 0.387 e. The molecule has 0 aliphatic heterocycles. The second-order valence-electron chi connectivity index (χ2n) is 6.87. The van der Waals surface area contributed by atoms with Crippen molar-refractivity contribution in [3.05, 3.63) is 71.1 Å². The zero-order chi connectivity index (χ0) is 23.8. The maximum absolute atomic E-state index is 12.5. The zero-order valence-electron chi connectivity index (χ0n) is 17.6. The van der Waals surface area contributed by atoms with Crippen molar-refractivity contribution in [2.75, 3.05) is 18.4 Å². The smallest absolute Gasteiger partial charge is 0.387 e. The number of amides is 1. The Morgan fingerprint density at radius 2 is 1.79 bits per heavy atom. The lowest BCUT2D eigenvalue weighted by molar-refractivity contribution is -0.120. The monoisotopic (exact) mass is 496 g/mol. The molecule has 2 aromatic carbocycles. The van der Waals surface area contributed by atoms with Crippen LogP contribution < -0.4 is 19.5 Å². The number of sulfonamides is 1. The zero-order valence-corrected chi connectivity index (χ0v) is 19.2. The highest BCUT2D eigenvalue weighted by molar-refractivity contribution is 7.94. The molecule has 0 fully saturated rings. The normalized spacial score (nSPS) is 11.3. The van der Waals surface area contributed by atoms with Crippen LogP contribution in [0.15, 0.2) is 64.2 Å². The Bertz CT molecular complexity index is 1170. The summed E-state index contributed by atoms with van der Waals surface area (Å²) >= 11 is 1.12. The van der Waals surface area contributed by atoms with Gasteiger partial charge in [-0.3, -0.25) is 9.52 Å². The van der Waals surface area contributed by atoms with Gasteiger partial charge in [-0.1, -0.05) is 24.3 Å². The van der Waals surface area contributed by atoms with E-state index in [1.807, 2.05) is 0 Å². The summed E-state index contributed by atoms with van der Waals surface area (Å²) in [6, 6.07) is 14.4. The molecule has 0 aliphatic carbocycles. The summed E-state index contributed by atoms with van der Waals surface area (Å²) < 4.78 is 61.7. The number of rotatable bonds is 11. The van der Waals surface area contributed by atoms with Gasteiger partial charge in [-0.05, 0) is 53.3 Å².